The molecule has 0 bridgehead atoms. The van der Waals surface area contributed by atoms with E-state index in [1.807, 2.05) is 18.2 Å². The molecule has 2 N–H and O–H groups in total. The molecule has 0 saturated carbocycles. The number of para-hydroxylation sites is 1. The van der Waals surface area contributed by atoms with E-state index in [-0.39, 0.29) is 5.91 Å². The number of hydrogen-bond acceptors (Lipinski definition) is 3. The van der Waals surface area contributed by atoms with E-state index in [0.29, 0.717) is 11.4 Å². The summed E-state index contributed by atoms with van der Waals surface area (Å²) in [5, 5.41) is 0. The van der Waals surface area contributed by atoms with Crippen molar-refractivity contribution in [1.82, 2.24) is 4.98 Å². The van der Waals surface area contributed by atoms with Crippen LogP contribution in [0.3, 0.4) is 0 Å². The number of hydrogen-bond donors (Lipinski definition) is 1. The summed E-state index contributed by atoms with van der Waals surface area (Å²) in [5.74, 6) is -0.0628. The van der Waals surface area contributed by atoms with Crippen LogP contribution in [-0.4, -0.2) is 17.4 Å². The molecule has 0 atom stereocenters. The maximum Gasteiger partial charge on any atom is 0.276 e. The van der Waals surface area contributed by atoms with E-state index in [1.165, 1.54) is 11.8 Å². The van der Waals surface area contributed by atoms with Crippen LogP contribution in [0.15, 0.2) is 42.6 Å². The van der Waals surface area contributed by atoms with Gasteiger partial charge in [0.2, 0.25) is 0 Å². The van der Waals surface area contributed by atoms with Gasteiger partial charge in [0.05, 0.1) is 11.9 Å². The quantitative estimate of drug-likeness (QED) is 0.848. The van der Waals surface area contributed by atoms with E-state index in [0.717, 1.165) is 25.1 Å². The van der Waals surface area contributed by atoms with Crippen molar-refractivity contribution in [3.8, 4) is 0 Å². The van der Waals surface area contributed by atoms with Gasteiger partial charge in [-0.1, -0.05) is 18.2 Å². The van der Waals surface area contributed by atoms with Gasteiger partial charge in [0.25, 0.3) is 5.91 Å². The van der Waals surface area contributed by atoms with E-state index >= 15 is 0 Å². The van der Waals surface area contributed by atoms with E-state index in [1.54, 1.807) is 17.0 Å². The molecule has 0 unspecified atom stereocenters. The second kappa shape index (κ2) is 4.72. The molecule has 3 rings (SSSR count). The fourth-order valence-electron chi connectivity index (χ4n) is 2.41. The number of fused-ring (bicyclic) bond motifs is 1. The Hall–Kier alpha value is -2.36. The van der Waals surface area contributed by atoms with Crippen LogP contribution in [0.5, 0.6) is 0 Å². The summed E-state index contributed by atoms with van der Waals surface area (Å²) in [4.78, 5) is 18.4. The Morgan fingerprint density at radius 1 is 1.21 bits per heavy atom. The number of nitrogens with zero attached hydrogens (tertiary/aromatic N) is 2. The zero-order valence-electron chi connectivity index (χ0n) is 10.5. The van der Waals surface area contributed by atoms with Crippen molar-refractivity contribution in [2.45, 2.75) is 12.8 Å². The lowest BCUT2D eigenvalue weighted by molar-refractivity contribution is 0.0980. The highest BCUT2D eigenvalue weighted by atomic mass is 16.2. The van der Waals surface area contributed by atoms with Crippen molar-refractivity contribution in [2.24, 2.45) is 0 Å². The summed E-state index contributed by atoms with van der Waals surface area (Å²) in [6.45, 7) is 0.738. The fraction of sp³-hybridized carbons (Fsp3) is 0.200. The standard InChI is InChI=1S/C15H15N3O/c16-12-7-8-13(17-10-12)15(19)18-9-3-5-11-4-1-2-6-14(11)18/h1-2,4,6-8,10H,3,5,9,16H2. The lowest BCUT2D eigenvalue weighted by Gasteiger charge is -2.29. The number of pyridine rings is 1. The number of carbonyl (C=O) groups excluding carboxylic acids is 1. The Morgan fingerprint density at radius 2 is 2.05 bits per heavy atom. The highest BCUT2D eigenvalue weighted by Crippen LogP contribution is 2.27. The number of nitrogens with two attached hydrogens (primary N) is 1. The second-order valence-corrected chi connectivity index (χ2v) is 4.67. The van der Waals surface area contributed by atoms with Gasteiger partial charge in [0, 0.05) is 12.2 Å². The monoisotopic (exact) mass is 253 g/mol. The van der Waals surface area contributed by atoms with Gasteiger partial charge in [-0.05, 0) is 36.6 Å². The van der Waals surface area contributed by atoms with Gasteiger partial charge < -0.3 is 10.6 Å². The van der Waals surface area contributed by atoms with Crippen LogP contribution < -0.4 is 10.6 Å². The van der Waals surface area contributed by atoms with Gasteiger partial charge in [-0.25, -0.2) is 4.98 Å². The summed E-state index contributed by atoms with van der Waals surface area (Å²) in [6.07, 6.45) is 3.52. The third-order valence-corrected chi connectivity index (χ3v) is 3.36. The molecule has 1 aromatic heterocycles. The minimum Gasteiger partial charge on any atom is -0.397 e. The molecule has 0 saturated heterocycles. The lowest BCUT2D eigenvalue weighted by Crippen LogP contribution is -2.35. The molecule has 0 aliphatic carbocycles. The van der Waals surface area contributed by atoms with Gasteiger partial charge in [0.15, 0.2) is 0 Å². The first-order valence-corrected chi connectivity index (χ1v) is 6.37. The summed E-state index contributed by atoms with van der Waals surface area (Å²) >= 11 is 0. The summed E-state index contributed by atoms with van der Waals surface area (Å²) in [7, 11) is 0. The first-order chi connectivity index (χ1) is 9.25. The molecule has 1 aromatic carbocycles. The zero-order valence-corrected chi connectivity index (χ0v) is 10.5. The highest BCUT2D eigenvalue weighted by Gasteiger charge is 2.23. The van der Waals surface area contributed by atoms with Gasteiger partial charge >= 0.3 is 0 Å². The molecule has 2 heterocycles. The number of nitrogen functional groups attached to an aromatic ring is 1. The van der Waals surface area contributed by atoms with Crippen molar-refractivity contribution >= 4 is 17.3 Å². The topological polar surface area (TPSA) is 59.2 Å². The van der Waals surface area contributed by atoms with Crippen molar-refractivity contribution < 1.29 is 4.79 Å². The molecule has 0 fully saturated rings. The Kier molecular flexibility index (Phi) is 2.91. The number of aromatic nitrogens is 1. The maximum absolute atomic E-state index is 12.5. The molecule has 4 nitrogen and oxygen atoms in total. The molecular formula is C15H15N3O. The van der Waals surface area contributed by atoms with Crippen LogP contribution in [-0.2, 0) is 6.42 Å². The van der Waals surface area contributed by atoms with E-state index in [2.05, 4.69) is 11.1 Å². The van der Waals surface area contributed by atoms with E-state index in [4.69, 9.17) is 5.73 Å². The Morgan fingerprint density at radius 3 is 2.84 bits per heavy atom. The maximum atomic E-state index is 12.5. The SMILES string of the molecule is Nc1ccc(C(=O)N2CCCc3ccccc32)nc1. The largest absolute Gasteiger partial charge is 0.397 e. The average molecular weight is 253 g/mol. The number of rotatable bonds is 1. The third kappa shape index (κ3) is 2.17. The number of carbonyl (C=O) groups is 1. The Labute approximate surface area is 111 Å². The van der Waals surface area contributed by atoms with Gasteiger partial charge in [0.1, 0.15) is 5.69 Å². The Balaban J connectivity index is 1.95. The highest BCUT2D eigenvalue weighted by molar-refractivity contribution is 6.05. The predicted molar refractivity (Wildman–Crippen MR) is 75.1 cm³/mol. The van der Waals surface area contributed by atoms with Crippen molar-refractivity contribution in [2.75, 3.05) is 17.2 Å². The van der Waals surface area contributed by atoms with Gasteiger partial charge in [-0.15, -0.1) is 0 Å². The first-order valence-electron chi connectivity index (χ1n) is 6.37. The molecule has 0 spiro atoms. The minimum atomic E-state index is -0.0628. The molecule has 1 aliphatic heterocycles. The molecule has 2 aromatic rings. The van der Waals surface area contributed by atoms with Crippen LogP contribution in [0.2, 0.25) is 0 Å². The Bertz CT molecular complexity index is 607. The first kappa shape index (κ1) is 11.7. The van der Waals surface area contributed by atoms with Crippen LogP contribution in [0.25, 0.3) is 0 Å². The molecule has 96 valence electrons. The number of benzene rings is 1. The molecule has 1 aliphatic rings. The number of anilines is 2. The molecule has 19 heavy (non-hydrogen) atoms. The number of amides is 1. The summed E-state index contributed by atoms with van der Waals surface area (Å²) in [5.41, 5.74) is 8.81. The molecule has 0 radical (unpaired) electrons. The van der Waals surface area contributed by atoms with Gasteiger partial charge in [-0.2, -0.15) is 0 Å². The lowest BCUT2D eigenvalue weighted by atomic mass is 10.0. The fourth-order valence-corrected chi connectivity index (χ4v) is 2.41. The van der Waals surface area contributed by atoms with E-state index in [9.17, 15) is 4.79 Å². The average Bonchev–Trinajstić information content (AvgIpc) is 2.47. The van der Waals surface area contributed by atoms with Crippen molar-refractivity contribution in [3.05, 3.63) is 53.9 Å². The van der Waals surface area contributed by atoms with Crippen LogP contribution in [0.4, 0.5) is 11.4 Å². The molecular weight excluding hydrogens is 238 g/mol. The molecule has 4 heteroatoms. The third-order valence-electron chi connectivity index (χ3n) is 3.36. The van der Waals surface area contributed by atoms with Crippen LogP contribution in [0.1, 0.15) is 22.5 Å². The number of aryl methyl sites for hydroxylation is 1. The van der Waals surface area contributed by atoms with Crippen LogP contribution in [0, 0.1) is 0 Å². The zero-order chi connectivity index (χ0) is 13.2. The smallest absolute Gasteiger partial charge is 0.276 e. The summed E-state index contributed by atoms with van der Waals surface area (Å²) < 4.78 is 0. The summed E-state index contributed by atoms with van der Waals surface area (Å²) in [6, 6.07) is 11.4. The second-order valence-electron chi connectivity index (χ2n) is 4.67. The van der Waals surface area contributed by atoms with Crippen molar-refractivity contribution in [1.29, 1.82) is 0 Å². The molecule has 1 amide bonds. The van der Waals surface area contributed by atoms with Gasteiger partial charge in [-0.3, -0.25) is 4.79 Å². The minimum absolute atomic E-state index is 0.0628. The predicted octanol–water partition coefficient (Wildman–Crippen LogP) is 2.26. The van der Waals surface area contributed by atoms with Crippen LogP contribution >= 0.6 is 0 Å². The normalized spacial score (nSPS) is 14.0. The van der Waals surface area contributed by atoms with E-state index < -0.39 is 0 Å². The van der Waals surface area contributed by atoms with Crippen molar-refractivity contribution in [3.63, 3.8) is 0 Å².